The maximum atomic E-state index is 13.7. The molecular formula is C23H23FN4O. The highest BCUT2D eigenvalue weighted by molar-refractivity contribution is 5.86. The van der Waals surface area contributed by atoms with Crippen molar-refractivity contribution >= 4 is 10.9 Å². The lowest BCUT2D eigenvalue weighted by atomic mass is 10.0. The lowest BCUT2D eigenvalue weighted by molar-refractivity contribution is 0.286. The zero-order valence-corrected chi connectivity index (χ0v) is 16.4. The van der Waals surface area contributed by atoms with Gasteiger partial charge in [-0.1, -0.05) is 18.2 Å². The normalized spacial score (nSPS) is 12.3. The highest BCUT2D eigenvalue weighted by Crippen LogP contribution is 2.27. The van der Waals surface area contributed by atoms with Gasteiger partial charge in [-0.3, -0.25) is 10.1 Å². The molecule has 0 saturated heterocycles. The molecule has 0 fully saturated rings. The van der Waals surface area contributed by atoms with Gasteiger partial charge in [-0.25, -0.2) is 4.39 Å². The monoisotopic (exact) mass is 390 g/mol. The molecule has 0 amide bonds. The van der Waals surface area contributed by atoms with Crippen LogP contribution in [0, 0.1) is 19.7 Å². The van der Waals surface area contributed by atoms with Gasteiger partial charge >= 0.3 is 0 Å². The molecular weight excluding hydrogens is 367 g/mol. The van der Waals surface area contributed by atoms with Gasteiger partial charge in [0, 0.05) is 28.9 Å². The largest absolute Gasteiger partial charge is 0.490 e. The highest BCUT2D eigenvalue weighted by atomic mass is 19.1. The molecule has 0 radical (unpaired) electrons. The van der Waals surface area contributed by atoms with Crippen LogP contribution in [0.3, 0.4) is 0 Å². The second-order valence-electron chi connectivity index (χ2n) is 7.35. The Labute approximate surface area is 168 Å². The third kappa shape index (κ3) is 4.27. The molecule has 29 heavy (non-hydrogen) atoms. The van der Waals surface area contributed by atoms with E-state index in [-0.39, 0.29) is 11.9 Å². The van der Waals surface area contributed by atoms with E-state index in [1.165, 1.54) is 6.07 Å². The number of aryl methyl sites for hydroxylation is 2. The Morgan fingerprint density at radius 1 is 1.07 bits per heavy atom. The number of ether oxygens (including phenoxy) is 1. The number of benzene rings is 2. The van der Waals surface area contributed by atoms with Crippen LogP contribution in [-0.2, 0) is 6.42 Å². The number of nitrogens with one attached hydrogen (secondary N) is 1. The van der Waals surface area contributed by atoms with Gasteiger partial charge in [-0.05, 0) is 61.2 Å². The van der Waals surface area contributed by atoms with E-state index in [0.29, 0.717) is 24.3 Å². The third-order valence-electron chi connectivity index (χ3n) is 4.99. The maximum Gasteiger partial charge on any atom is 0.138 e. The molecule has 4 rings (SSSR count). The number of nitrogens with zero attached hydrogens (tertiary/aromatic N) is 2. The molecule has 4 aromatic rings. The van der Waals surface area contributed by atoms with Crippen LogP contribution in [-0.4, -0.2) is 27.8 Å². The van der Waals surface area contributed by atoms with E-state index in [0.717, 1.165) is 33.3 Å². The summed E-state index contributed by atoms with van der Waals surface area (Å²) >= 11 is 0. The van der Waals surface area contributed by atoms with E-state index in [1.54, 1.807) is 25.4 Å². The summed E-state index contributed by atoms with van der Waals surface area (Å²) in [5.41, 5.74) is 11.6. The van der Waals surface area contributed by atoms with E-state index in [1.807, 2.05) is 31.2 Å². The number of hydrogen-bond donors (Lipinski definition) is 2. The van der Waals surface area contributed by atoms with Crippen molar-refractivity contribution < 1.29 is 9.13 Å². The number of halogens is 1. The van der Waals surface area contributed by atoms with Crippen LogP contribution in [0.25, 0.3) is 22.0 Å². The number of nitrogens with two attached hydrogens (primary N) is 1. The molecule has 0 aliphatic carbocycles. The highest BCUT2D eigenvalue weighted by Gasteiger charge is 2.09. The molecule has 0 spiro atoms. The first-order chi connectivity index (χ1) is 14.0. The first-order valence-electron chi connectivity index (χ1n) is 9.53. The molecule has 0 unspecified atom stereocenters. The molecule has 5 nitrogen and oxygen atoms in total. The van der Waals surface area contributed by atoms with Crippen molar-refractivity contribution in [3.8, 4) is 16.9 Å². The third-order valence-corrected chi connectivity index (χ3v) is 4.99. The van der Waals surface area contributed by atoms with Gasteiger partial charge < -0.3 is 10.5 Å². The van der Waals surface area contributed by atoms with E-state index >= 15 is 0 Å². The summed E-state index contributed by atoms with van der Waals surface area (Å²) in [6, 6.07) is 13.0. The van der Waals surface area contributed by atoms with Crippen molar-refractivity contribution in [1.82, 2.24) is 15.2 Å². The van der Waals surface area contributed by atoms with Crippen LogP contribution in [0.2, 0.25) is 0 Å². The molecule has 2 heterocycles. The molecule has 1 atom stereocenters. The standard InChI is InChI=1S/C23H23FN4O/c1-14-3-4-16(8-22(14)24)7-19(25)13-29-20-9-18(11-26-12-20)17-5-6-23-21(10-17)15(2)27-28-23/h3-6,8-12,19H,7,13,25H2,1-2H3,(H,27,28)/t19-/m1/s1. The summed E-state index contributed by atoms with van der Waals surface area (Å²) in [4.78, 5) is 4.30. The van der Waals surface area contributed by atoms with Crippen molar-refractivity contribution in [2.75, 3.05) is 6.61 Å². The number of aromatic amines is 1. The average Bonchev–Trinajstić information content (AvgIpc) is 3.10. The minimum absolute atomic E-state index is 0.211. The Kier molecular flexibility index (Phi) is 5.27. The zero-order chi connectivity index (χ0) is 20.4. The van der Waals surface area contributed by atoms with Crippen LogP contribution in [0.4, 0.5) is 4.39 Å². The Hall–Kier alpha value is -3.25. The maximum absolute atomic E-state index is 13.7. The first kappa shape index (κ1) is 19.1. The lowest BCUT2D eigenvalue weighted by Crippen LogP contribution is -2.30. The molecule has 3 N–H and O–H groups in total. The molecule has 6 heteroatoms. The fourth-order valence-electron chi connectivity index (χ4n) is 3.30. The van der Waals surface area contributed by atoms with E-state index in [2.05, 4.69) is 21.2 Å². The molecule has 0 saturated carbocycles. The van der Waals surface area contributed by atoms with E-state index in [4.69, 9.17) is 10.5 Å². The molecule has 2 aromatic carbocycles. The molecule has 0 bridgehead atoms. The number of pyridine rings is 1. The fourth-order valence-corrected chi connectivity index (χ4v) is 3.30. The van der Waals surface area contributed by atoms with Gasteiger partial charge in [-0.2, -0.15) is 5.10 Å². The van der Waals surface area contributed by atoms with Crippen LogP contribution in [0.15, 0.2) is 54.9 Å². The van der Waals surface area contributed by atoms with Crippen molar-refractivity contribution in [2.24, 2.45) is 5.73 Å². The molecule has 2 aromatic heterocycles. The summed E-state index contributed by atoms with van der Waals surface area (Å²) in [6.45, 7) is 4.06. The van der Waals surface area contributed by atoms with Crippen molar-refractivity contribution in [1.29, 1.82) is 0 Å². The van der Waals surface area contributed by atoms with Gasteiger partial charge in [0.25, 0.3) is 0 Å². The predicted molar refractivity (Wildman–Crippen MR) is 112 cm³/mol. The Balaban J connectivity index is 1.44. The Morgan fingerprint density at radius 2 is 1.93 bits per heavy atom. The van der Waals surface area contributed by atoms with E-state index in [9.17, 15) is 4.39 Å². The average molecular weight is 390 g/mol. The second-order valence-corrected chi connectivity index (χ2v) is 7.35. The van der Waals surface area contributed by atoms with Gasteiger partial charge in [0.2, 0.25) is 0 Å². The van der Waals surface area contributed by atoms with Gasteiger partial charge in [0.1, 0.15) is 18.2 Å². The van der Waals surface area contributed by atoms with Crippen molar-refractivity contribution in [2.45, 2.75) is 26.3 Å². The van der Waals surface area contributed by atoms with Crippen LogP contribution in [0.5, 0.6) is 5.75 Å². The van der Waals surface area contributed by atoms with E-state index < -0.39 is 0 Å². The number of H-pyrrole nitrogens is 1. The van der Waals surface area contributed by atoms with Crippen LogP contribution >= 0.6 is 0 Å². The van der Waals surface area contributed by atoms with Gasteiger partial charge in [0.05, 0.1) is 11.7 Å². The van der Waals surface area contributed by atoms with Gasteiger partial charge in [-0.15, -0.1) is 0 Å². The number of aromatic nitrogens is 3. The number of hydrogen-bond acceptors (Lipinski definition) is 4. The molecule has 0 aliphatic rings. The smallest absolute Gasteiger partial charge is 0.138 e. The topological polar surface area (TPSA) is 76.8 Å². The van der Waals surface area contributed by atoms with Crippen LogP contribution < -0.4 is 10.5 Å². The molecule has 0 aliphatic heterocycles. The number of rotatable bonds is 6. The predicted octanol–water partition coefficient (Wildman–Crippen LogP) is 4.33. The van der Waals surface area contributed by atoms with Crippen molar-refractivity contribution in [3.05, 3.63) is 77.5 Å². The fraction of sp³-hybridized carbons (Fsp3) is 0.217. The summed E-state index contributed by atoms with van der Waals surface area (Å²) in [6.07, 6.45) is 4.02. The Morgan fingerprint density at radius 3 is 2.76 bits per heavy atom. The van der Waals surface area contributed by atoms with Crippen molar-refractivity contribution in [3.63, 3.8) is 0 Å². The second kappa shape index (κ2) is 8.01. The zero-order valence-electron chi connectivity index (χ0n) is 16.4. The SMILES string of the molecule is Cc1ccc(C[C@@H](N)COc2cncc(-c3ccc4n[nH]c(C)c4c3)c2)cc1F. The van der Waals surface area contributed by atoms with Crippen LogP contribution in [0.1, 0.15) is 16.8 Å². The van der Waals surface area contributed by atoms with Gasteiger partial charge in [0.15, 0.2) is 0 Å². The minimum atomic E-state index is -0.245. The first-order valence-corrected chi connectivity index (χ1v) is 9.53. The minimum Gasteiger partial charge on any atom is -0.490 e. The summed E-state index contributed by atoms with van der Waals surface area (Å²) in [7, 11) is 0. The quantitative estimate of drug-likeness (QED) is 0.514. The Bertz CT molecular complexity index is 1150. The molecule has 148 valence electrons. The summed E-state index contributed by atoms with van der Waals surface area (Å²) in [5, 5.41) is 8.34. The summed E-state index contributed by atoms with van der Waals surface area (Å²) < 4.78 is 19.6. The lowest BCUT2D eigenvalue weighted by Gasteiger charge is -2.14. The number of fused-ring (bicyclic) bond motifs is 1. The summed E-state index contributed by atoms with van der Waals surface area (Å²) in [5.74, 6) is 0.439.